The van der Waals surface area contributed by atoms with Crippen molar-refractivity contribution >= 4 is 35.0 Å². The molecular formula is C14H13NO6S. The molecule has 2 amide bonds. The Morgan fingerprint density at radius 3 is 2.64 bits per heavy atom. The normalized spacial score (nSPS) is 16.3. The van der Waals surface area contributed by atoms with Gasteiger partial charge in [0.1, 0.15) is 18.0 Å². The molecule has 1 aromatic carbocycles. The number of amides is 2. The predicted octanol–water partition coefficient (Wildman–Crippen LogP) is 1.82. The largest absolute Gasteiger partial charge is 0.497 e. The highest BCUT2D eigenvalue weighted by molar-refractivity contribution is 8.18. The van der Waals surface area contributed by atoms with Crippen molar-refractivity contribution in [3.05, 3.63) is 28.7 Å². The number of methoxy groups -OCH3 is 2. The van der Waals surface area contributed by atoms with Crippen LogP contribution >= 0.6 is 11.8 Å². The number of benzene rings is 1. The third kappa shape index (κ3) is 3.22. The molecular weight excluding hydrogens is 310 g/mol. The second kappa shape index (κ2) is 6.52. The van der Waals surface area contributed by atoms with Crippen LogP contribution in [0.1, 0.15) is 5.56 Å². The number of carboxylic acid groups (broad SMARTS) is 1. The first-order valence-electron chi connectivity index (χ1n) is 6.15. The van der Waals surface area contributed by atoms with Crippen LogP contribution in [0.5, 0.6) is 11.5 Å². The molecule has 0 spiro atoms. The first-order chi connectivity index (χ1) is 10.5. The molecule has 7 nitrogen and oxygen atoms in total. The molecule has 1 saturated heterocycles. The maximum absolute atomic E-state index is 12.1. The highest BCUT2D eigenvalue weighted by Crippen LogP contribution is 2.34. The molecule has 0 aliphatic carbocycles. The quantitative estimate of drug-likeness (QED) is 0.826. The van der Waals surface area contributed by atoms with Crippen molar-refractivity contribution in [2.75, 3.05) is 20.8 Å². The minimum Gasteiger partial charge on any atom is -0.497 e. The van der Waals surface area contributed by atoms with Crippen LogP contribution in [-0.4, -0.2) is 47.9 Å². The fraction of sp³-hybridized carbons (Fsp3) is 0.214. The van der Waals surface area contributed by atoms with Crippen molar-refractivity contribution in [2.24, 2.45) is 0 Å². The van der Waals surface area contributed by atoms with E-state index in [-0.39, 0.29) is 4.91 Å². The molecule has 1 fully saturated rings. The molecule has 0 bridgehead atoms. The molecule has 116 valence electrons. The number of aliphatic carboxylic acids is 1. The lowest BCUT2D eigenvalue weighted by Crippen LogP contribution is -2.33. The summed E-state index contributed by atoms with van der Waals surface area (Å²) >= 11 is 0.690. The van der Waals surface area contributed by atoms with Gasteiger partial charge in [0.05, 0.1) is 19.1 Å². The van der Waals surface area contributed by atoms with Gasteiger partial charge in [0.2, 0.25) is 0 Å². The Balaban J connectivity index is 2.36. The third-order valence-electron chi connectivity index (χ3n) is 2.89. The van der Waals surface area contributed by atoms with Gasteiger partial charge in [-0.2, -0.15) is 0 Å². The zero-order chi connectivity index (χ0) is 16.3. The van der Waals surface area contributed by atoms with Gasteiger partial charge in [-0.3, -0.25) is 19.3 Å². The summed E-state index contributed by atoms with van der Waals surface area (Å²) in [5.41, 5.74) is 0.558. The number of rotatable bonds is 5. The standard InChI is InChI=1S/C14H13NO6S/c1-20-9-3-4-10(21-2)8(5-9)6-11-13(18)15(7-12(16)17)14(19)22-11/h3-6H,7H2,1-2H3,(H,16,17)/b11-6+. The van der Waals surface area contributed by atoms with E-state index < -0.39 is 23.7 Å². The topological polar surface area (TPSA) is 93.1 Å². The van der Waals surface area contributed by atoms with Crippen LogP contribution in [0.25, 0.3) is 6.08 Å². The highest BCUT2D eigenvalue weighted by Gasteiger charge is 2.36. The molecule has 1 aromatic rings. The number of carbonyl (C=O) groups is 3. The summed E-state index contributed by atoms with van der Waals surface area (Å²) in [6.45, 7) is -0.656. The molecule has 8 heteroatoms. The minimum absolute atomic E-state index is 0.137. The van der Waals surface area contributed by atoms with Gasteiger partial charge in [0.15, 0.2) is 0 Å². The second-order valence-corrected chi connectivity index (χ2v) is 5.26. The van der Waals surface area contributed by atoms with Crippen LogP contribution in [0, 0.1) is 0 Å². The van der Waals surface area contributed by atoms with Crippen LogP contribution in [0.2, 0.25) is 0 Å². The van der Waals surface area contributed by atoms with Crippen LogP contribution < -0.4 is 9.47 Å². The molecule has 1 N–H and O–H groups in total. The van der Waals surface area contributed by atoms with Crippen molar-refractivity contribution in [1.29, 1.82) is 0 Å². The Morgan fingerprint density at radius 2 is 2.05 bits per heavy atom. The lowest BCUT2D eigenvalue weighted by molar-refractivity contribution is -0.140. The molecule has 0 saturated carbocycles. The second-order valence-electron chi connectivity index (χ2n) is 4.27. The summed E-state index contributed by atoms with van der Waals surface area (Å²) < 4.78 is 10.3. The fourth-order valence-corrected chi connectivity index (χ4v) is 2.69. The van der Waals surface area contributed by atoms with Crippen molar-refractivity contribution < 1.29 is 29.0 Å². The van der Waals surface area contributed by atoms with E-state index >= 15 is 0 Å². The van der Waals surface area contributed by atoms with Crippen molar-refractivity contribution in [2.45, 2.75) is 0 Å². The van der Waals surface area contributed by atoms with E-state index in [2.05, 4.69) is 0 Å². The van der Waals surface area contributed by atoms with Crippen LogP contribution in [0.15, 0.2) is 23.1 Å². The first-order valence-corrected chi connectivity index (χ1v) is 6.97. The van der Waals surface area contributed by atoms with Gasteiger partial charge in [-0.05, 0) is 36.0 Å². The Morgan fingerprint density at radius 1 is 1.32 bits per heavy atom. The zero-order valence-corrected chi connectivity index (χ0v) is 12.7. The number of hydrogen-bond donors (Lipinski definition) is 1. The first kappa shape index (κ1) is 15.9. The molecule has 0 atom stereocenters. The molecule has 0 unspecified atom stereocenters. The Hall–Kier alpha value is -2.48. The maximum Gasteiger partial charge on any atom is 0.323 e. The third-order valence-corrected chi connectivity index (χ3v) is 3.80. The molecule has 1 aliphatic rings. The SMILES string of the molecule is COc1ccc(OC)c(/C=C2/SC(=O)N(CC(=O)O)C2=O)c1. The summed E-state index contributed by atoms with van der Waals surface area (Å²) in [6.07, 6.45) is 1.48. The Bertz CT molecular complexity index is 669. The number of carbonyl (C=O) groups excluding carboxylic acids is 2. The van der Waals surface area contributed by atoms with Gasteiger partial charge >= 0.3 is 5.97 Å². The average Bonchev–Trinajstić information content (AvgIpc) is 2.74. The smallest absolute Gasteiger partial charge is 0.323 e. The summed E-state index contributed by atoms with van der Waals surface area (Å²) in [5.74, 6) is -0.813. The number of hydrogen-bond acceptors (Lipinski definition) is 6. The summed E-state index contributed by atoms with van der Waals surface area (Å²) in [4.78, 5) is 35.3. The minimum atomic E-state index is -1.25. The monoisotopic (exact) mass is 323 g/mol. The van der Waals surface area contributed by atoms with Crippen LogP contribution in [0.3, 0.4) is 0 Å². The lowest BCUT2D eigenvalue weighted by Gasteiger charge is -2.09. The molecule has 0 radical (unpaired) electrons. The van der Waals surface area contributed by atoms with Gasteiger partial charge in [0.25, 0.3) is 11.1 Å². The molecule has 1 aliphatic heterocycles. The van der Waals surface area contributed by atoms with E-state index in [9.17, 15) is 14.4 Å². The van der Waals surface area contributed by atoms with Gasteiger partial charge in [-0.1, -0.05) is 0 Å². The maximum atomic E-state index is 12.1. The van der Waals surface area contributed by atoms with Gasteiger partial charge in [0, 0.05) is 5.56 Å². The van der Waals surface area contributed by atoms with Crippen molar-refractivity contribution in [3.8, 4) is 11.5 Å². The highest BCUT2D eigenvalue weighted by atomic mass is 32.2. The molecule has 22 heavy (non-hydrogen) atoms. The van der Waals surface area contributed by atoms with E-state index in [1.165, 1.54) is 20.3 Å². The summed E-state index contributed by atoms with van der Waals surface area (Å²) in [6, 6.07) is 5.03. The lowest BCUT2D eigenvalue weighted by atomic mass is 10.1. The van der Waals surface area contributed by atoms with Crippen molar-refractivity contribution in [1.82, 2.24) is 4.90 Å². The predicted molar refractivity (Wildman–Crippen MR) is 79.9 cm³/mol. The van der Waals surface area contributed by atoms with E-state index in [0.717, 1.165) is 0 Å². The van der Waals surface area contributed by atoms with Gasteiger partial charge in [-0.25, -0.2) is 0 Å². The van der Waals surface area contributed by atoms with Crippen molar-refractivity contribution in [3.63, 3.8) is 0 Å². The molecule has 2 rings (SSSR count). The van der Waals surface area contributed by atoms with E-state index in [1.807, 2.05) is 0 Å². The average molecular weight is 323 g/mol. The summed E-state index contributed by atoms with van der Waals surface area (Å²) in [5, 5.41) is 8.11. The summed E-state index contributed by atoms with van der Waals surface area (Å²) in [7, 11) is 2.99. The number of nitrogens with zero attached hydrogens (tertiary/aromatic N) is 1. The molecule has 1 heterocycles. The fourth-order valence-electron chi connectivity index (χ4n) is 1.86. The van der Waals surface area contributed by atoms with Gasteiger partial charge in [-0.15, -0.1) is 0 Å². The number of carboxylic acids is 1. The number of ether oxygens (including phenoxy) is 2. The van der Waals surface area contributed by atoms with Crippen LogP contribution in [-0.2, 0) is 9.59 Å². The number of imide groups is 1. The molecule has 0 aromatic heterocycles. The zero-order valence-electron chi connectivity index (χ0n) is 11.9. The van der Waals surface area contributed by atoms with Gasteiger partial charge < -0.3 is 14.6 Å². The Kier molecular flexibility index (Phi) is 4.71. The van der Waals surface area contributed by atoms with E-state index in [1.54, 1.807) is 18.2 Å². The van der Waals surface area contributed by atoms with E-state index in [4.69, 9.17) is 14.6 Å². The van der Waals surface area contributed by atoms with E-state index in [0.29, 0.717) is 33.7 Å². The van der Waals surface area contributed by atoms with Crippen LogP contribution in [0.4, 0.5) is 4.79 Å². The number of thioether (sulfide) groups is 1. The Labute approximate surface area is 130 Å².